The van der Waals surface area contributed by atoms with Gasteiger partial charge in [0, 0.05) is 18.1 Å². The molecule has 1 aromatic heterocycles. The quantitative estimate of drug-likeness (QED) is 0.817. The van der Waals surface area contributed by atoms with Crippen molar-refractivity contribution < 1.29 is 18.7 Å². The monoisotopic (exact) mass is 390 g/mol. The van der Waals surface area contributed by atoms with E-state index in [0.29, 0.717) is 16.5 Å². The van der Waals surface area contributed by atoms with E-state index in [4.69, 9.17) is 20.8 Å². The number of nitrogens with one attached hydrogen (secondary N) is 1. The van der Waals surface area contributed by atoms with Gasteiger partial charge in [0.1, 0.15) is 24.2 Å². The number of benzene rings is 1. The molecule has 0 saturated carbocycles. The minimum absolute atomic E-state index is 0.0564. The fraction of sp³-hybridized carbons (Fsp3) is 0.400. The molecule has 0 radical (unpaired) electrons. The molecule has 1 aliphatic rings. The van der Waals surface area contributed by atoms with Crippen LogP contribution in [0.1, 0.15) is 42.5 Å². The zero-order valence-electron chi connectivity index (χ0n) is 15.2. The zero-order valence-corrected chi connectivity index (χ0v) is 16.0. The summed E-state index contributed by atoms with van der Waals surface area (Å²) in [6.07, 6.45) is 3.18. The molecule has 1 aromatic carbocycles. The van der Waals surface area contributed by atoms with Gasteiger partial charge in [-0.2, -0.15) is 0 Å². The van der Waals surface area contributed by atoms with Gasteiger partial charge in [0.05, 0.1) is 0 Å². The Hall–Kier alpha value is -2.47. The number of likely N-dealkylation sites (tertiary alicyclic amines) is 1. The number of hydrogen-bond donors (Lipinski definition) is 1. The first-order chi connectivity index (χ1) is 13.0. The molecule has 144 valence electrons. The number of rotatable bonds is 6. The van der Waals surface area contributed by atoms with E-state index in [1.165, 1.54) is 0 Å². The largest absolute Gasteiger partial charge is 0.486 e. The maximum Gasteiger partial charge on any atom is 0.287 e. The zero-order chi connectivity index (χ0) is 19.2. The van der Waals surface area contributed by atoms with E-state index < -0.39 is 11.9 Å². The Bertz CT molecular complexity index is 799. The average molecular weight is 391 g/mol. The third-order valence-electron chi connectivity index (χ3n) is 4.45. The molecule has 1 atom stereocenters. The lowest BCUT2D eigenvalue weighted by Crippen LogP contribution is -2.48. The Labute approximate surface area is 163 Å². The fourth-order valence-corrected chi connectivity index (χ4v) is 3.19. The lowest BCUT2D eigenvalue weighted by molar-refractivity contribution is -0.133. The predicted octanol–water partition coefficient (Wildman–Crippen LogP) is 3.64. The lowest BCUT2D eigenvalue weighted by Gasteiger charge is -2.29. The Morgan fingerprint density at radius 1 is 1.22 bits per heavy atom. The molecule has 7 heteroatoms. The molecule has 2 heterocycles. The second-order valence-corrected chi connectivity index (χ2v) is 7.03. The smallest absolute Gasteiger partial charge is 0.287 e. The second-order valence-electron chi connectivity index (χ2n) is 6.59. The van der Waals surface area contributed by atoms with Crippen molar-refractivity contribution in [3.8, 4) is 5.75 Å². The van der Waals surface area contributed by atoms with E-state index in [9.17, 15) is 9.59 Å². The summed E-state index contributed by atoms with van der Waals surface area (Å²) in [7, 11) is 0. The number of piperidine rings is 1. The van der Waals surface area contributed by atoms with Crippen LogP contribution < -0.4 is 10.1 Å². The van der Waals surface area contributed by atoms with E-state index >= 15 is 0 Å². The van der Waals surface area contributed by atoms with Gasteiger partial charge in [-0.15, -0.1) is 0 Å². The highest BCUT2D eigenvalue weighted by Gasteiger charge is 2.24. The van der Waals surface area contributed by atoms with Gasteiger partial charge in [0.25, 0.3) is 5.91 Å². The van der Waals surface area contributed by atoms with Crippen molar-refractivity contribution in [3.63, 3.8) is 0 Å². The third kappa shape index (κ3) is 5.26. The molecular formula is C20H23ClN2O4. The van der Waals surface area contributed by atoms with Crippen LogP contribution in [0.3, 0.4) is 0 Å². The van der Waals surface area contributed by atoms with Crippen LogP contribution >= 0.6 is 11.6 Å². The van der Waals surface area contributed by atoms with Crippen molar-refractivity contribution >= 4 is 23.4 Å². The van der Waals surface area contributed by atoms with Crippen LogP contribution in [-0.2, 0) is 11.4 Å². The summed E-state index contributed by atoms with van der Waals surface area (Å²) in [5.41, 5.74) is 0. The predicted molar refractivity (Wildman–Crippen MR) is 102 cm³/mol. The normalized spacial score (nSPS) is 15.3. The first kappa shape index (κ1) is 19.3. The van der Waals surface area contributed by atoms with E-state index in [-0.39, 0.29) is 18.3 Å². The van der Waals surface area contributed by atoms with E-state index in [1.807, 2.05) is 0 Å². The Balaban J connectivity index is 1.52. The lowest BCUT2D eigenvalue weighted by atomic mass is 10.1. The van der Waals surface area contributed by atoms with Gasteiger partial charge in [-0.25, -0.2) is 0 Å². The minimum atomic E-state index is -0.591. The number of carbonyl (C=O) groups is 2. The molecule has 3 rings (SSSR count). The molecule has 2 amide bonds. The molecule has 1 fully saturated rings. The number of amides is 2. The van der Waals surface area contributed by atoms with E-state index in [2.05, 4.69) is 5.32 Å². The average Bonchev–Trinajstić information content (AvgIpc) is 3.16. The van der Waals surface area contributed by atoms with Crippen molar-refractivity contribution in [3.05, 3.63) is 52.9 Å². The third-order valence-corrected chi connectivity index (χ3v) is 4.68. The van der Waals surface area contributed by atoms with Crippen molar-refractivity contribution in [1.29, 1.82) is 0 Å². The van der Waals surface area contributed by atoms with Gasteiger partial charge in [-0.05, 0) is 56.5 Å². The Morgan fingerprint density at radius 2 is 2.00 bits per heavy atom. The maximum absolute atomic E-state index is 12.4. The fourth-order valence-electron chi connectivity index (χ4n) is 3.01. The molecule has 1 N–H and O–H groups in total. The molecule has 2 aromatic rings. The van der Waals surface area contributed by atoms with Crippen LogP contribution in [0.2, 0.25) is 5.02 Å². The Kier molecular flexibility index (Phi) is 6.40. The number of hydrogen-bond acceptors (Lipinski definition) is 4. The van der Waals surface area contributed by atoms with Gasteiger partial charge in [0.15, 0.2) is 5.76 Å². The van der Waals surface area contributed by atoms with Crippen LogP contribution in [0.4, 0.5) is 0 Å². The number of carbonyl (C=O) groups excluding carboxylic acids is 2. The number of ether oxygens (including phenoxy) is 1. The molecule has 0 bridgehead atoms. The molecule has 0 spiro atoms. The molecule has 1 unspecified atom stereocenters. The number of nitrogens with zero attached hydrogens (tertiary/aromatic N) is 1. The van der Waals surface area contributed by atoms with Crippen LogP contribution in [0, 0.1) is 0 Å². The molecule has 1 saturated heterocycles. The van der Waals surface area contributed by atoms with Gasteiger partial charge in [0.2, 0.25) is 5.91 Å². The first-order valence-electron chi connectivity index (χ1n) is 9.09. The SMILES string of the molecule is CC(NC(=O)c1ccc(COc2cccc(Cl)c2)o1)C(=O)N1CCCCC1. The molecular weight excluding hydrogens is 368 g/mol. The molecule has 1 aliphatic heterocycles. The van der Waals surface area contributed by atoms with Crippen molar-refractivity contribution in [2.45, 2.75) is 38.8 Å². The standard InChI is InChI=1S/C20H23ClN2O4/c1-14(20(25)23-10-3-2-4-11-23)22-19(24)18-9-8-17(27-18)13-26-16-7-5-6-15(21)12-16/h5-9,12,14H,2-4,10-11,13H2,1H3,(H,22,24). The highest BCUT2D eigenvalue weighted by Crippen LogP contribution is 2.19. The van der Waals surface area contributed by atoms with Crippen molar-refractivity contribution in [1.82, 2.24) is 10.2 Å². The van der Waals surface area contributed by atoms with Gasteiger partial charge < -0.3 is 19.4 Å². The highest BCUT2D eigenvalue weighted by molar-refractivity contribution is 6.30. The molecule has 0 aliphatic carbocycles. The van der Waals surface area contributed by atoms with Gasteiger partial charge in [-0.1, -0.05) is 17.7 Å². The van der Waals surface area contributed by atoms with Crippen LogP contribution in [0.5, 0.6) is 5.75 Å². The minimum Gasteiger partial charge on any atom is -0.486 e. The summed E-state index contributed by atoms with van der Waals surface area (Å²) < 4.78 is 11.1. The number of halogens is 1. The first-order valence-corrected chi connectivity index (χ1v) is 9.47. The van der Waals surface area contributed by atoms with Crippen LogP contribution in [0.15, 0.2) is 40.8 Å². The Morgan fingerprint density at radius 3 is 2.74 bits per heavy atom. The number of furan rings is 1. The van der Waals surface area contributed by atoms with Crippen molar-refractivity contribution in [2.75, 3.05) is 13.1 Å². The molecule has 27 heavy (non-hydrogen) atoms. The summed E-state index contributed by atoms with van der Waals surface area (Å²) in [5, 5.41) is 3.29. The maximum atomic E-state index is 12.4. The second kappa shape index (κ2) is 8.95. The highest BCUT2D eigenvalue weighted by atomic mass is 35.5. The summed E-state index contributed by atoms with van der Waals surface area (Å²) in [6, 6.07) is 9.70. The summed E-state index contributed by atoms with van der Waals surface area (Å²) in [4.78, 5) is 26.6. The van der Waals surface area contributed by atoms with Crippen molar-refractivity contribution in [2.24, 2.45) is 0 Å². The summed E-state index contributed by atoms with van der Waals surface area (Å²) in [5.74, 6) is 0.805. The summed E-state index contributed by atoms with van der Waals surface area (Å²) >= 11 is 5.91. The van der Waals surface area contributed by atoms with Gasteiger partial charge >= 0.3 is 0 Å². The van der Waals surface area contributed by atoms with Crippen LogP contribution in [-0.4, -0.2) is 35.8 Å². The van der Waals surface area contributed by atoms with E-state index in [0.717, 1.165) is 32.4 Å². The topological polar surface area (TPSA) is 71.8 Å². The van der Waals surface area contributed by atoms with Gasteiger partial charge in [-0.3, -0.25) is 9.59 Å². The van der Waals surface area contributed by atoms with E-state index in [1.54, 1.807) is 48.2 Å². The molecule has 6 nitrogen and oxygen atoms in total. The van der Waals surface area contributed by atoms with Crippen LogP contribution in [0.25, 0.3) is 0 Å². The summed E-state index contributed by atoms with van der Waals surface area (Å²) in [6.45, 7) is 3.38.